The normalized spacial score (nSPS) is 14.7. The van der Waals surface area contributed by atoms with E-state index in [2.05, 4.69) is 76.1 Å². The molecular formula is C20H30N6. The van der Waals surface area contributed by atoms with Gasteiger partial charge in [-0.2, -0.15) is 0 Å². The average Bonchev–Trinajstić information content (AvgIpc) is 3.31. The van der Waals surface area contributed by atoms with Crippen LogP contribution in [0.1, 0.15) is 31.0 Å². The van der Waals surface area contributed by atoms with Gasteiger partial charge in [-0.25, -0.2) is 9.98 Å². The summed E-state index contributed by atoms with van der Waals surface area (Å²) in [5.74, 6) is 2.01. The van der Waals surface area contributed by atoms with Gasteiger partial charge in [-0.3, -0.25) is 0 Å². The highest BCUT2D eigenvalue weighted by atomic mass is 15.3. The highest BCUT2D eigenvalue weighted by Crippen LogP contribution is 2.18. The van der Waals surface area contributed by atoms with Crippen LogP contribution in [0.25, 0.3) is 0 Å². The number of guanidine groups is 1. The van der Waals surface area contributed by atoms with Crippen molar-refractivity contribution in [2.45, 2.75) is 32.9 Å². The molecule has 1 N–H and O–H groups in total. The van der Waals surface area contributed by atoms with Crippen LogP contribution in [-0.2, 0) is 20.1 Å². The Hall–Kier alpha value is -2.50. The van der Waals surface area contributed by atoms with E-state index in [4.69, 9.17) is 4.99 Å². The van der Waals surface area contributed by atoms with Gasteiger partial charge in [0, 0.05) is 51.8 Å². The van der Waals surface area contributed by atoms with Crippen molar-refractivity contribution in [2.24, 2.45) is 12.0 Å². The van der Waals surface area contributed by atoms with E-state index in [1.165, 1.54) is 24.1 Å². The summed E-state index contributed by atoms with van der Waals surface area (Å²) in [4.78, 5) is 13.9. The zero-order valence-corrected chi connectivity index (χ0v) is 16.1. The lowest BCUT2D eigenvalue weighted by atomic mass is 10.2. The Bertz CT molecular complexity index is 729. The van der Waals surface area contributed by atoms with Crippen molar-refractivity contribution >= 4 is 11.8 Å². The second-order valence-corrected chi connectivity index (χ2v) is 6.85. The van der Waals surface area contributed by atoms with E-state index < -0.39 is 0 Å². The molecule has 0 amide bonds. The number of aryl methyl sites for hydroxylation is 1. The number of aliphatic imine (C=N–C) groups is 1. The molecule has 3 heterocycles. The molecule has 1 saturated heterocycles. The Morgan fingerprint density at radius 3 is 2.81 bits per heavy atom. The van der Waals surface area contributed by atoms with Crippen LogP contribution >= 0.6 is 0 Å². The zero-order chi connectivity index (χ0) is 18.4. The molecule has 2 aromatic heterocycles. The number of hydrogen-bond donors (Lipinski definition) is 1. The van der Waals surface area contributed by atoms with E-state index in [0.717, 1.165) is 38.0 Å². The van der Waals surface area contributed by atoms with E-state index in [-0.39, 0.29) is 0 Å². The molecule has 26 heavy (non-hydrogen) atoms. The van der Waals surface area contributed by atoms with E-state index in [9.17, 15) is 0 Å². The summed E-state index contributed by atoms with van der Waals surface area (Å²) in [6.07, 6.45) is 6.50. The standard InChI is InChI=1S/C20H30N6/c1-4-21-20(25(3)16-18-8-7-11-24(18)2)23-15-17-9-10-22-19(14-17)26-12-5-6-13-26/h7-11,14H,4-6,12-13,15-16H2,1-3H3,(H,21,23). The number of anilines is 1. The second kappa shape index (κ2) is 8.74. The molecule has 1 aliphatic rings. The first-order valence-electron chi connectivity index (χ1n) is 9.47. The molecule has 0 spiro atoms. The summed E-state index contributed by atoms with van der Waals surface area (Å²) in [5.41, 5.74) is 2.46. The predicted octanol–water partition coefficient (Wildman–Crippen LogP) is 2.62. The Balaban J connectivity index is 1.68. The van der Waals surface area contributed by atoms with Crippen LogP contribution in [0.5, 0.6) is 0 Å². The van der Waals surface area contributed by atoms with Crippen LogP contribution in [0.3, 0.4) is 0 Å². The molecular weight excluding hydrogens is 324 g/mol. The minimum atomic E-state index is 0.656. The van der Waals surface area contributed by atoms with Crippen molar-refractivity contribution in [3.63, 3.8) is 0 Å². The lowest BCUT2D eigenvalue weighted by Gasteiger charge is -2.22. The van der Waals surface area contributed by atoms with Crippen molar-refractivity contribution in [1.82, 2.24) is 19.8 Å². The summed E-state index contributed by atoms with van der Waals surface area (Å²) in [7, 11) is 4.15. The maximum absolute atomic E-state index is 4.84. The van der Waals surface area contributed by atoms with Crippen LogP contribution in [0.2, 0.25) is 0 Å². The molecule has 0 aliphatic carbocycles. The van der Waals surface area contributed by atoms with E-state index in [1.54, 1.807) is 0 Å². The van der Waals surface area contributed by atoms with Gasteiger partial charge in [0.05, 0.1) is 13.1 Å². The number of hydrogen-bond acceptors (Lipinski definition) is 3. The minimum Gasteiger partial charge on any atom is -0.357 e. The number of nitrogens with one attached hydrogen (secondary N) is 1. The van der Waals surface area contributed by atoms with Gasteiger partial charge in [0.1, 0.15) is 5.82 Å². The van der Waals surface area contributed by atoms with Crippen molar-refractivity contribution < 1.29 is 0 Å². The Morgan fingerprint density at radius 2 is 2.12 bits per heavy atom. The molecule has 6 heteroatoms. The van der Waals surface area contributed by atoms with Crippen LogP contribution in [0.15, 0.2) is 41.7 Å². The number of aromatic nitrogens is 2. The molecule has 2 aromatic rings. The third-order valence-corrected chi connectivity index (χ3v) is 4.80. The fourth-order valence-corrected chi connectivity index (χ4v) is 3.29. The van der Waals surface area contributed by atoms with Crippen molar-refractivity contribution in [2.75, 3.05) is 31.6 Å². The van der Waals surface area contributed by atoms with Crippen LogP contribution in [0.4, 0.5) is 5.82 Å². The Kier molecular flexibility index (Phi) is 6.15. The van der Waals surface area contributed by atoms with Gasteiger partial charge >= 0.3 is 0 Å². The highest BCUT2D eigenvalue weighted by Gasteiger charge is 2.14. The minimum absolute atomic E-state index is 0.656. The van der Waals surface area contributed by atoms with Gasteiger partial charge in [0.15, 0.2) is 5.96 Å². The van der Waals surface area contributed by atoms with Gasteiger partial charge < -0.3 is 19.7 Å². The largest absolute Gasteiger partial charge is 0.357 e. The Labute approximate surface area is 156 Å². The first-order chi connectivity index (χ1) is 12.7. The molecule has 140 valence electrons. The van der Waals surface area contributed by atoms with Crippen molar-refractivity contribution in [3.8, 4) is 0 Å². The lowest BCUT2D eigenvalue weighted by molar-refractivity contribution is 0.462. The van der Waals surface area contributed by atoms with Crippen molar-refractivity contribution in [1.29, 1.82) is 0 Å². The number of rotatable bonds is 6. The van der Waals surface area contributed by atoms with E-state index >= 15 is 0 Å². The van der Waals surface area contributed by atoms with Crippen LogP contribution < -0.4 is 10.2 Å². The average molecular weight is 355 g/mol. The van der Waals surface area contributed by atoms with Gasteiger partial charge in [0.2, 0.25) is 0 Å². The first kappa shape index (κ1) is 18.3. The third-order valence-electron chi connectivity index (χ3n) is 4.80. The fourth-order valence-electron chi connectivity index (χ4n) is 3.29. The summed E-state index contributed by atoms with van der Waals surface area (Å²) in [6, 6.07) is 8.45. The first-order valence-corrected chi connectivity index (χ1v) is 9.47. The monoisotopic (exact) mass is 354 g/mol. The molecule has 0 bridgehead atoms. The van der Waals surface area contributed by atoms with Gasteiger partial charge in [-0.1, -0.05) is 0 Å². The molecule has 6 nitrogen and oxygen atoms in total. The molecule has 0 saturated carbocycles. The summed E-state index contributed by atoms with van der Waals surface area (Å²) in [6.45, 7) is 6.66. The molecule has 0 aromatic carbocycles. The fraction of sp³-hybridized carbons (Fsp3) is 0.500. The maximum atomic E-state index is 4.84. The van der Waals surface area contributed by atoms with Gasteiger partial charge in [-0.15, -0.1) is 0 Å². The van der Waals surface area contributed by atoms with Crippen LogP contribution in [-0.4, -0.2) is 47.1 Å². The van der Waals surface area contributed by atoms with E-state index in [1.807, 2.05) is 6.20 Å². The molecule has 3 rings (SSSR count). The zero-order valence-electron chi connectivity index (χ0n) is 16.1. The quantitative estimate of drug-likeness (QED) is 0.640. The summed E-state index contributed by atoms with van der Waals surface area (Å²) >= 11 is 0. The predicted molar refractivity (Wildman–Crippen MR) is 107 cm³/mol. The topological polar surface area (TPSA) is 48.7 Å². The highest BCUT2D eigenvalue weighted by molar-refractivity contribution is 5.79. The number of pyridine rings is 1. The molecule has 0 atom stereocenters. The maximum Gasteiger partial charge on any atom is 0.194 e. The molecule has 1 fully saturated rings. The van der Waals surface area contributed by atoms with Gasteiger partial charge in [-0.05, 0) is 49.6 Å². The second-order valence-electron chi connectivity index (χ2n) is 6.85. The molecule has 0 unspecified atom stereocenters. The van der Waals surface area contributed by atoms with Crippen molar-refractivity contribution in [3.05, 3.63) is 47.9 Å². The lowest BCUT2D eigenvalue weighted by Crippen LogP contribution is -2.38. The molecule has 0 radical (unpaired) electrons. The van der Waals surface area contributed by atoms with Gasteiger partial charge in [0.25, 0.3) is 0 Å². The smallest absolute Gasteiger partial charge is 0.194 e. The Morgan fingerprint density at radius 1 is 1.31 bits per heavy atom. The van der Waals surface area contributed by atoms with E-state index in [0.29, 0.717) is 6.54 Å². The number of nitrogens with zero attached hydrogens (tertiary/aromatic N) is 5. The summed E-state index contributed by atoms with van der Waals surface area (Å²) < 4.78 is 2.14. The van der Waals surface area contributed by atoms with Crippen LogP contribution in [0, 0.1) is 0 Å². The third kappa shape index (κ3) is 4.56. The summed E-state index contributed by atoms with van der Waals surface area (Å²) in [5, 5.41) is 3.39. The molecule has 1 aliphatic heterocycles. The SMILES string of the molecule is CCNC(=NCc1ccnc(N2CCCC2)c1)N(C)Cc1cccn1C.